The Hall–Kier alpha value is -1.54. The zero-order valence-electron chi connectivity index (χ0n) is 7.37. The predicted molar refractivity (Wildman–Crippen MR) is 46.4 cm³/mol. The van der Waals surface area contributed by atoms with Crippen molar-refractivity contribution in [1.82, 2.24) is 4.98 Å². The molecule has 0 spiro atoms. The molecular formula is C9H9F2N3. The Morgan fingerprint density at radius 1 is 1.50 bits per heavy atom. The van der Waals surface area contributed by atoms with Gasteiger partial charge in [-0.05, 0) is 17.2 Å². The summed E-state index contributed by atoms with van der Waals surface area (Å²) >= 11 is 0. The van der Waals surface area contributed by atoms with Crippen LogP contribution in [0.5, 0.6) is 0 Å². The van der Waals surface area contributed by atoms with Gasteiger partial charge in [-0.1, -0.05) is 0 Å². The van der Waals surface area contributed by atoms with Gasteiger partial charge in [0.2, 0.25) is 0 Å². The van der Waals surface area contributed by atoms with Crippen LogP contribution in [0.1, 0.15) is 23.2 Å². The van der Waals surface area contributed by atoms with Crippen LogP contribution in [0.2, 0.25) is 0 Å². The minimum absolute atomic E-state index is 0.0781. The van der Waals surface area contributed by atoms with Crippen molar-refractivity contribution in [3.05, 3.63) is 29.1 Å². The smallest absolute Gasteiger partial charge is 0.280 e. The molecule has 1 aromatic rings. The molecule has 0 bridgehead atoms. The summed E-state index contributed by atoms with van der Waals surface area (Å²) in [6.07, 6.45) is -1.23. The van der Waals surface area contributed by atoms with Gasteiger partial charge in [0.25, 0.3) is 6.43 Å². The number of rotatable bonds is 3. The van der Waals surface area contributed by atoms with Gasteiger partial charge in [0.1, 0.15) is 5.69 Å². The number of pyridine rings is 1. The summed E-state index contributed by atoms with van der Waals surface area (Å²) in [5, 5.41) is 8.47. The maximum atomic E-state index is 12.2. The number of alkyl halides is 2. The van der Waals surface area contributed by atoms with E-state index in [4.69, 9.17) is 11.0 Å². The molecule has 0 fully saturated rings. The average Bonchev–Trinajstić information content (AvgIpc) is 2.18. The number of hydrogen-bond donors (Lipinski definition) is 1. The first-order valence-electron chi connectivity index (χ1n) is 4.02. The van der Waals surface area contributed by atoms with Gasteiger partial charge in [0.05, 0.1) is 12.5 Å². The number of halogens is 2. The van der Waals surface area contributed by atoms with Crippen LogP contribution in [0.15, 0.2) is 12.3 Å². The van der Waals surface area contributed by atoms with Gasteiger partial charge in [0, 0.05) is 12.7 Å². The summed E-state index contributed by atoms with van der Waals surface area (Å²) in [6, 6.07) is 3.13. The van der Waals surface area contributed by atoms with Crippen molar-refractivity contribution in [3.63, 3.8) is 0 Å². The lowest BCUT2D eigenvalue weighted by Crippen LogP contribution is -2.04. The largest absolute Gasteiger partial charge is 0.326 e. The molecule has 5 heteroatoms. The fourth-order valence-electron chi connectivity index (χ4n) is 1.10. The van der Waals surface area contributed by atoms with E-state index in [0.29, 0.717) is 11.1 Å². The molecule has 14 heavy (non-hydrogen) atoms. The van der Waals surface area contributed by atoms with Crippen molar-refractivity contribution in [2.75, 3.05) is 0 Å². The minimum atomic E-state index is -2.61. The van der Waals surface area contributed by atoms with Crippen molar-refractivity contribution in [2.45, 2.75) is 19.4 Å². The number of nitrogens with zero attached hydrogens (tertiary/aromatic N) is 2. The Bertz CT molecular complexity index is 358. The summed E-state index contributed by atoms with van der Waals surface area (Å²) < 4.78 is 24.5. The van der Waals surface area contributed by atoms with E-state index in [1.807, 2.05) is 6.07 Å². The molecule has 0 aliphatic rings. The SMILES string of the molecule is N#CCc1cc(C(F)F)ncc1CN. The highest BCUT2D eigenvalue weighted by Crippen LogP contribution is 2.19. The average molecular weight is 197 g/mol. The minimum Gasteiger partial charge on any atom is -0.326 e. The van der Waals surface area contributed by atoms with E-state index in [1.165, 1.54) is 12.3 Å². The molecule has 0 saturated carbocycles. The van der Waals surface area contributed by atoms with Crippen molar-refractivity contribution in [2.24, 2.45) is 5.73 Å². The summed E-state index contributed by atoms with van der Waals surface area (Å²) in [7, 11) is 0. The van der Waals surface area contributed by atoms with Crippen molar-refractivity contribution >= 4 is 0 Å². The van der Waals surface area contributed by atoms with Gasteiger partial charge in [0.15, 0.2) is 0 Å². The molecule has 1 heterocycles. The maximum absolute atomic E-state index is 12.2. The first-order valence-corrected chi connectivity index (χ1v) is 4.02. The Balaban J connectivity index is 3.08. The summed E-state index contributed by atoms with van der Waals surface area (Å²) in [4.78, 5) is 3.55. The molecular weight excluding hydrogens is 188 g/mol. The van der Waals surface area contributed by atoms with Crippen LogP contribution in [0.4, 0.5) is 8.78 Å². The van der Waals surface area contributed by atoms with E-state index >= 15 is 0 Å². The molecule has 0 aliphatic carbocycles. The summed E-state index contributed by atoms with van der Waals surface area (Å²) in [5.41, 5.74) is 6.22. The number of nitrogens with two attached hydrogens (primary N) is 1. The molecule has 74 valence electrons. The molecule has 0 unspecified atom stereocenters. The van der Waals surface area contributed by atoms with Gasteiger partial charge in [-0.3, -0.25) is 4.98 Å². The van der Waals surface area contributed by atoms with E-state index in [0.717, 1.165) is 0 Å². The molecule has 0 saturated heterocycles. The lowest BCUT2D eigenvalue weighted by molar-refractivity contribution is 0.146. The van der Waals surface area contributed by atoms with Crippen LogP contribution in [0.3, 0.4) is 0 Å². The molecule has 0 aromatic carbocycles. The molecule has 3 nitrogen and oxygen atoms in total. The lowest BCUT2D eigenvalue weighted by atomic mass is 10.1. The second-order valence-electron chi connectivity index (χ2n) is 2.72. The molecule has 1 rings (SSSR count). The normalized spacial score (nSPS) is 10.2. The van der Waals surface area contributed by atoms with Crippen LogP contribution in [0.25, 0.3) is 0 Å². The van der Waals surface area contributed by atoms with E-state index in [2.05, 4.69) is 4.98 Å². The lowest BCUT2D eigenvalue weighted by Gasteiger charge is -2.06. The van der Waals surface area contributed by atoms with Gasteiger partial charge in [-0.2, -0.15) is 5.26 Å². The fourth-order valence-corrected chi connectivity index (χ4v) is 1.10. The monoisotopic (exact) mass is 197 g/mol. The Labute approximate surface area is 80.2 Å². The third kappa shape index (κ3) is 2.24. The van der Waals surface area contributed by atoms with E-state index in [-0.39, 0.29) is 18.7 Å². The number of nitriles is 1. The molecule has 0 radical (unpaired) electrons. The van der Waals surface area contributed by atoms with Gasteiger partial charge in [-0.25, -0.2) is 8.78 Å². The van der Waals surface area contributed by atoms with E-state index in [9.17, 15) is 8.78 Å². The first-order chi connectivity index (χ1) is 6.69. The Morgan fingerprint density at radius 2 is 2.21 bits per heavy atom. The predicted octanol–water partition coefficient (Wildman–Crippen LogP) is 1.54. The van der Waals surface area contributed by atoms with Crippen LogP contribution in [-0.4, -0.2) is 4.98 Å². The second-order valence-corrected chi connectivity index (χ2v) is 2.72. The Morgan fingerprint density at radius 3 is 2.71 bits per heavy atom. The van der Waals surface area contributed by atoms with Crippen LogP contribution < -0.4 is 5.73 Å². The zero-order chi connectivity index (χ0) is 10.6. The van der Waals surface area contributed by atoms with E-state index in [1.54, 1.807) is 0 Å². The highest BCUT2D eigenvalue weighted by Gasteiger charge is 2.11. The maximum Gasteiger partial charge on any atom is 0.280 e. The highest BCUT2D eigenvalue weighted by atomic mass is 19.3. The van der Waals surface area contributed by atoms with E-state index < -0.39 is 6.43 Å². The van der Waals surface area contributed by atoms with Crippen molar-refractivity contribution < 1.29 is 8.78 Å². The third-order valence-electron chi connectivity index (χ3n) is 1.82. The number of aromatic nitrogens is 1. The van der Waals surface area contributed by atoms with Crippen molar-refractivity contribution in [1.29, 1.82) is 5.26 Å². The Kier molecular flexibility index (Phi) is 3.48. The number of hydrogen-bond acceptors (Lipinski definition) is 3. The molecule has 2 N–H and O–H groups in total. The molecule has 1 aromatic heterocycles. The standard InChI is InChI=1S/C9H9F2N3/c10-9(11)8-3-6(1-2-12)7(4-13)5-14-8/h3,5,9H,1,4,13H2. The third-order valence-corrected chi connectivity index (χ3v) is 1.82. The zero-order valence-corrected chi connectivity index (χ0v) is 7.37. The molecule has 0 aliphatic heterocycles. The van der Waals surface area contributed by atoms with Gasteiger partial charge >= 0.3 is 0 Å². The second kappa shape index (κ2) is 4.63. The van der Waals surface area contributed by atoms with Crippen LogP contribution in [0, 0.1) is 11.3 Å². The summed E-state index contributed by atoms with van der Waals surface area (Å²) in [6.45, 7) is 0.202. The van der Waals surface area contributed by atoms with Gasteiger partial charge in [-0.15, -0.1) is 0 Å². The van der Waals surface area contributed by atoms with Gasteiger partial charge < -0.3 is 5.73 Å². The topological polar surface area (TPSA) is 62.7 Å². The van der Waals surface area contributed by atoms with Crippen molar-refractivity contribution in [3.8, 4) is 6.07 Å². The quantitative estimate of drug-likeness (QED) is 0.799. The fraction of sp³-hybridized carbons (Fsp3) is 0.333. The first kappa shape index (κ1) is 10.5. The summed E-state index contributed by atoms with van der Waals surface area (Å²) in [5.74, 6) is 0. The molecule has 0 atom stereocenters. The highest BCUT2D eigenvalue weighted by molar-refractivity contribution is 5.29. The van der Waals surface area contributed by atoms with Crippen LogP contribution in [-0.2, 0) is 13.0 Å². The van der Waals surface area contributed by atoms with Crippen LogP contribution >= 0.6 is 0 Å². The molecule has 0 amide bonds.